The summed E-state index contributed by atoms with van der Waals surface area (Å²) in [7, 11) is 0. The molecule has 0 radical (unpaired) electrons. The van der Waals surface area contributed by atoms with Gasteiger partial charge < -0.3 is 15.4 Å². The molecule has 0 aliphatic carbocycles. The maximum Gasteiger partial charge on any atom is 0.122 e. The van der Waals surface area contributed by atoms with Gasteiger partial charge in [-0.1, -0.05) is 15.9 Å². The van der Waals surface area contributed by atoms with Crippen LogP contribution in [-0.2, 0) is 6.42 Å². The highest BCUT2D eigenvalue weighted by molar-refractivity contribution is 9.10. The summed E-state index contributed by atoms with van der Waals surface area (Å²) in [6.45, 7) is 9.86. The van der Waals surface area contributed by atoms with Gasteiger partial charge in [-0.25, -0.2) is 0 Å². The summed E-state index contributed by atoms with van der Waals surface area (Å²) in [6, 6.07) is 7.96. The first-order chi connectivity index (χ1) is 11.1. The zero-order valence-electron chi connectivity index (χ0n) is 14.1. The van der Waals surface area contributed by atoms with E-state index in [0.29, 0.717) is 18.1 Å². The maximum absolute atomic E-state index is 5.87. The molecule has 2 aliphatic heterocycles. The minimum Gasteiger partial charge on any atom is -0.492 e. The van der Waals surface area contributed by atoms with Gasteiger partial charge >= 0.3 is 0 Å². The van der Waals surface area contributed by atoms with Crippen molar-refractivity contribution in [2.75, 3.05) is 32.8 Å². The molecule has 0 bridgehead atoms. The highest BCUT2D eigenvalue weighted by Crippen LogP contribution is 2.27. The Hall–Kier alpha value is -0.620. The molecule has 3 rings (SSSR count). The van der Waals surface area contributed by atoms with Gasteiger partial charge in [0.2, 0.25) is 0 Å². The van der Waals surface area contributed by atoms with E-state index >= 15 is 0 Å². The predicted molar refractivity (Wildman–Crippen MR) is 98.2 cm³/mol. The number of halogens is 1. The fourth-order valence-electron chi connectivity index (χ4n) is 3.49. The Morgan fingerprint density at radius 3 is 3.13 bits per heavy atom. The summed E-state index contributed by atoms with van der Waals surface area (Å²) < 4.78 is 6.99. The molecule has 1 aromatic rings. The Kier molecular flexibility index (Phi) is 5.96. The van der Waals surface area contributed by atoms with E-state index in [1.54, 1.807) is 0 Å². The fourth-order valence-corrected chi connectivity index (χ4v) is 3.90. The first-order valence-electron chi connectivity index (χ1n) is 8.74. The zero-order chi connectivity index (χ0) is 16.2. The van der Waals surface area contributed by atoms with Crippen molar-refractivity contribution in [1.82, 2.24) is 15.5 Å². The van der Waals surface area contributed by atoms with Gasteiger partial charge in [-0.15, -0.1) is 0 Å². The number of nitrogens with one attached hydrogen (secondary N) is 2. The van der Waals surface area contributed by atoms with Gasteiger partial charge in [-0.3, -0.25) is 4.90 Å². The van der Waals surface area contributed by atoms with Crippen molar-refractivity contribution in [3.05, 3.63) is 28.2 Å². The Labute approximate surface area is 148 Å². The Morgan fingerprint density at radius 2 is 2.26 bits per heavy atom. The van der Waals surface area contributed by atoms with Gasteiger partial charge in [0.15, 0.2) is 0 Å². The lowest BCUT2D eigenvalue weighted by Crippen LogP contribution is -2.54. The van der Waals surface area contributed by atoms with E-state index in [1.165, 1.54) is 18.5 Å². The largest absolute Gasteiger partial charge is 0.492 e. The summed E-state index contributed by atoms with van der Waals surface area (Å²) in [6.07, 6.45) is 2.24. The number of hydrogen-bond donors (Lipinski definition) is 2. The van der Waals surface area contributed by atoms with Gasteiger partial charge in [0.05, 0.1) is 0 Å². The lowest BCUT2D eigenvalue weighted by Gasteiger charge is -2.37. The molecule has 23 heavy (non-hydrogen) atoms. The normalized spacial score (nSPS) is 28.2. The smallest absolute Gasteiger partial charge is 0.122 e. The molecule has 1 aromatic carbocycles. The van der Waals surface area contributed by atoms with Crippen molar-refractivity contribution in [2.24, 2.45) is 0 Å². The number of fused-ring (bicyclic) bond motifs is 1. The first kappa shape index (κ1) is 17.2. The van der Waals surface area contributed by atoms with Crippen LogP contribution >= 0.6 is 15.9 Å². The van der Waals surface area contributed by atoms with Crippen molar-refractivity contribution in [3.8, 4) is 5.75 Å². The van der Waals surface area contributed by atoms with Crippen molar-refractivity contribution >= 4 is 15.9 Å². The number of rotatable bonds is 5. The van der Waals surface area contributed by atoms with Crippen LogP contribution in [-0.4, -0.2) is 55.8 Å². The molecular weight excluding hydrogens is 354 g/mol. The summed E-state index contributed by atoms with van der Waals surface area (Å²) in [5.41, 5.74) is 1.30. The minimum atomic E-state index is 0.427. The molecule has 4 nitrogen and oxygen atoms in total. The Morgan fingerprint density at radius 1 is 1.39 bits per heavy atom. The number of piperazine rings is 1. The molecule has 0 spiro atoms. The van der Waals surface area contributed by atoms with Crippen LogP contribution in [0.5, 0.6) is 5.75 Å². The molecule has 5 heteroatoms. The zero-order valence-corrected chi connectivity index (χ0v) is 15.7. The SMILES string of the molecule is C[C@@H]1CN[C@@H](C)CN1CCCNC1COc2ccc(Br)cc2C1. The van der Waals surface area contributed by atoms with Crippen molar-refractivity contribution in [3.63, 3.8) is 0 Å². The number of nitrogens with zero attached hydrogens (tertiary/aromatic N) is 1. The molecule has 2 aliphatic rings. The summed E-state index contributed by atoms with van der Waals surface area (Å²) in [5.74, 6) is 1.04. The molecule has 2 N–H and O–H groups in total. The first-order valence-corrected chi connectivity index (χ1v) is 9.53. The van der Waals surface area contributed by atoms with Crippen LogP contribution in [0.15, 0.2) is 22.7 Å². The predicted octanol–water partition coefficient (Wildman–Crippen LogP) is 2.41. The van der Waals surface area contributed by atoms with Gasteiger partial charge in [0, 0.05) is 35.7 Å². The standard InChI is InChI=1S/C18H28BrN3O/c1-13-11-22(14(2)10-21-13)7-3-6-20-17-9-15-8-16(19)4-5-18(15)23-12-17/h4-5,8,13-14,17,20-21H,3,6-7,9-12H2,1-2H3/t13-,14+,17?/m0/s1. The van der Waals surface area contributed by atoms with E-state index in [4.69, 9.17) is 4.74 Å². The van der Waals surface area contributed by atoms with Gasteiger partial charge in [-0.2, -0.15) is 0 Å². The molecule has 1 saturated heterocycles. The molecule has 2 heterocycles. The summed E-state index contributed by atoms with van der Waals surface area (Å²) >= 11 is 3.54. The maximum atomic E-state index is 5.87. The molecule has 0 aromatic heterocycles. The number of benzene rings is 1. The lowest BCUT2D eigenvalue weighted by molar-refractivity contribution is 0.143. The molecule has 1 fully saturated rings. The number of hydrogen-bond acceptors (Lipinski definition) is 4. The number of ether oxygens (including phenoxy) is 1. The second-order valence-corrected chi connectivity index (χ2v) is 7.84. The van der Waals surface area contributed by atoms with Crippen LogP contribution in [0, 0.1) is 0 Å². The Bertz CT molecular complexity index is 525. The van der Waals surface area contributed by atoms with Crippen LogP contribution < -0.4 is 15.4 Å². The molecule has 1 unspecified atom stereocenters. The van der Waals surface area contributed by atoms with Gasteiger partial charge in [0.1, 0.15) is 12.4 Å². The second-order valence-electron chi connectivity index (χ2n) is 6.93. The van der Waals surface area contributed by atoms with Crippen LogP contribution in [0.2, 0.25) is 0 Å². The third-order valence-corrected chi connectivity index (χ3v) is 5.37. The monoisotopic (exact) mass is 381 g/mol. The topological polar surface area (TPSA) is 36.5 Å². The van der Waals surface area contributed by atoms with Crippen molar-refractivity contribution in [1.29, 1.82) is 0 Å². The second kappa shape index (κ2) is 7.97. The van der Waals surface area contributed by atoms with E-state index in [-0.39, 0.29) is 0 Å². The molecular formula is C18H28BrN3O. The van der Waals surface area contributed by atoms with Crippen LogP contribution in [0.4, 0.5) is 0 Å². The summed E-state index contributed by atoms with van der Waals surface area (Å²) in [4.78, 5) is 2.60. The van der Waals surface area contributed by atoms with E-state index in [2.05, 4.69) is 57.4 Å². The molecule has 0 amide bonds. The van der Waals surface area contributed by atoms with Crippen LogP contribution in [0.3, 0.4) is 0 Å². The molecule has 3 atom stereocenters. The van der Waals surface area contributed by atoms with E-state index < -0.39 is 0 Å². The molecule has 128 valence electrons. The average molecular weight is 382 g/mol. The van der Waals surface area contributed by atoms with Crippen molar-refractivity contribution in [2.45, 2.75) is 44.8 Å². The van der Waals surface area contributed by atoms with Crippen LogP contribution in [0.1, 0.15) is 25.8 Å². The van der Waals surface area contributed by atoms with Crippen molar-refractivity contribution < 1.29 is 4.74 Å². The van der Waals surface area contributed by atoms with E-state index in [1.807, 2.05) is 6.07 Å². The van der Waals surface area contributed by atoms with E-state index in [0.717, 1.165) is 42.9 Å². The third-order valence-electron chi connectivity index (χ3n) is 4.88. The van der Waals surface area contributed by atoms with Gasteiger partial charge in [-0.05, 0) is 63.5 Å². The van der Waals surface area contributed by atoms with Crippen LogP contribution in [0.25, 0.3) is 0 Å². The Balaban J connectivity index is 1.40. The van der Waals surface area contributed by atoms with Gasteiger partial charge in [0.25, 0.3) is 0 Å². The fraction of sp³-hybridized carbons (Fsp3) is 0.667. The lowest BCUT2D eigenvalue weighted by atomic mass is 10.0. The highest BCUT2D eigenvalue weighted by atomic mass is 79.9. The molecule has 0 saturated carbocycles. The quantitative estimate of drug-likeness (QED) is 0.767. The summed E-state index contributed by atoms with van der Waals surface area (Å²) in [5, 5.41) is 7.21. The minimum absolute atomic E-state index is 0.427. The van der Waals surface area contributed by atoms with E-state index in [9.17, 15) is 0 Å². The third kappa shape index (κ3) is 4.69. The average Bonchev–Trinajstić information content (AvgIpc) is 2.54. The highest BCUT2D eigenvalue weighted by Gasteiger charge is 2.22.